The van der Waals surface area contributed by atoms with Crippen molar-refractivity contribution < 1.29 is 19.0 Å². The number of carbonyl (C=O) groups is 1. The number of halogens is 1. The Kier molecular flexibility index (Phi) is 4.89. The first-order valence-electron chi connectivity index (χ1n) is 7.55. The average molecular weight is 338 g/mol. The zero-order valence-corrected chi connectivity index (χ0v) is 13.1. The van der Waals surface area contributed by atoms with Gasteiger partial charge in [-0.2, -0.15) is 5.10 Å². The fraction of sp³-hybridized carbons (Fsp3) is 0.0526. The first-order valence-corrected chi connectivity index (χ1v) is 7.55. The Hall–Kier alpha value is -3.41. The van der Waals surface area contributed by atoms with Crippen LogP contribution in [-0.4, -0.2) is 23.8 Å². The molecular weight excluding hydrogens is 323 g/mol. The third kappa shape index (κ3) is 3.92. The number of ether oxygens (including phenoxy) is 1. The quantitative estimate of drug-likeness (QED) is 0.554. The van der Waals surface area contributed by atoms with E-state index in [2.05, 4.69) is 10.5 Å². The summed E-state index contributed by atoms with van der Waals surface area (Å²) in [5, 5.41) is 15.6. The number of hydrogen-bond donors (Lipinski definition) is 2. The standard InChI is InChI=1S/C19H15FN2O3/c20-16-7-3-4-8-18(16)25-12-19(24)22-21-11-15-14-6-2-1-5-13(14)9-10-17(15)23/h1-11,23H,12H2,(H,22,24). The number of rotatable bonds is 5. The zero-order valence-electron chi connectivity index (χ0n) is 13.1. The van der Waals surface area contributed by atoms with Crippen LogP contribution in [0.15, 0.2) is 65.8 Å². The number of carbonyl (C=O) groups excluding carboxylic acids is 1. The number of fused-ring (bicyclic) bond motifs is 1. The largest absolute Gasteiger partial charge is 0.507 e. The third-order valence-corrected chi connectivity index (χ3v) is 3.53. The topological polar surface area (TPSA) is 70.9 Å². The van der Waals surface area contributed by atoms with Gasteiger partial charge in [-0.3, -0.25) is 4.79 Å². The highest BCUT2D eigenvalue weighted by atomic mass is 19.1. The summed E-state index contributed by atoms with van der Waals surface area (Å²) in [6, 6.07) is 16.7. The van der Waals surface area contributed by atoms with Crippen molar-refractivity contribution >= 4 is 22.9 Å². The number of hydrogen-bond acceptors (Lipinski definition) is 4. The van der Waals surface area contributed by atoms with Gasteiger partial charge in [0.15, 0.2) is 18.2 Å². The number of aromatic hydroxyl groups is 1. The van der Waals surface area contributed by atoms with Crippen molar-refractivity contribution in [3.8, 4) is 11.5 Å². The molecule has 0 spiro atoms. The number of hydrazone groups is 1. The van der Waals surface area contributed by atoms with Crippen LogP contribution >= 0.6 is 0 Å². The lowest BCUT2D eigenvalue weighted by Gasteiger charge is -2.06. The van der Waals surface area contributed by atoms with Crippen molar-refractivity contribution in [1.29, 1.82) is 0 Å². The van der Waals surface area contributed by atoms with Crippen molar-refractivity contribution in [1.82, 2.24) is 5.43 Å². The van der Waals surface area contributed by atoms with E-state index in [1.165, 1.54) is 24.4 Å². The molecule has 0 saturated heterocycles. The molecule has 0 aromatic heterocycles. The molecule has 25 heavy (non-hydrogen) atoms. The van der Waals surface area contributed by atoms with Crippen molar-refractivity contribution in [2.45, 2.75) is 0 Å². The van der Waals surface area contributed by atoms with E-state index in [9.17, 15) is 14.3 Å². The SMILES string of the molecule is O=C(COc1ccccc1F)NN=Cc1c(O)ccc2ccccc12. The Bertz CT molecular complexity index is 941. The van der Waals surface area contributed by atoms with E-state index in [1.54, 1.807) is 18.2 Å². The summed E-state index contributed by atoms with van der Waals surface area (Å²) in [6.07, 6.45) is 1.36. The summed E-state index contributed by atoms with van der Waals surface area (Å²) in [7, 11) is 0. The smallest absolute Gasteiger partial charge is 0.277 e. The second-order valence-electron chi connectivity index (χ2n) is 5.23. The zero-order chi connectivity index (χ0) is 17.6. The first kappa shape index (κ1) is 16.4. The van der Waals surface area contributed by atoms with Gasteiger partial charge in [0.2, 0.25) is 0 Å². The molecule has 0 bridgehead atoms. The van der Waals surface area contributed by atoms with E-state index in [0.29, 0.717) is 5.56 Å². The minimum Gasteiger partial charge on any atom is -0.507 e. The maximum absolute atomic E-state index is 13.4. The molecule has 2 N–H and O–H groups in total. The number of para-hydroxylation sites is 1. The fourth-order valence-corrected chi connectivity index (χ4v) is 2.33. The normalized spacial score (nSPS) is 10.9. The number of amides is 1. The Morgan fingerprint density at radius 1 is 1.12 bits per heavy atom. The molecule has 0 aliphatic rings. The fourth-order valence-electron chi connectivity index (χ4n) is 2.33. The minimum atomic E-state index is -0.542. The Morgan fingerprint density at radius 3 is 2.72 bits per heavy atom. The summed E-state index contributed by atoms with van der Waals surface area (Å²) < 4.78 is 18.5. The summed E-state index contributed by atoms with van der Waals surface area (Å²) in [6.45, 7) is -0.375. The highest BCUT2D eigenvalue weighted by molar-refractivity contribution is 6.02. The van der Waals surface area contributed by atoms with Gasteiger partial charge < -0.3 is 9.84 Å². The molecule has 3 aromatic carbocycles. The molecule has 0 atom stereocenters. The van der Waals surface area contributed by atoms with Crippen LogP contribution in [0.4, 0.5) is 4.39 Å². The average Bonchev–Trinajstić information content (AvgIpc) is 2.63. The van der Waals surface area contributed by atoms with E-state index >= 15 is 0 Å². The van der Waals surface area contributed by atoms with Crippen molar-refractivity contribution in [3.63, 3.8) is 0 Å². The monoisotopic (exact) mass is 338 g/mol. The van der Waals surface area contributed by atoms with Crippen LogP contribution in [0.1, 0.15) is 5.56 Å². The maximum Gasteiger partial charge on any atom is 0.277 e. The molecule has 0 aliphatic heterocycles. The van der Waals surface area contributed by atoms with E-state index in [4.69, 9.17) is 4.74 Å². The molecule has 0 radical (unpaired) electrons. The van der Waals surface area contributed by atoms with E-state index in [1.807, 2.05) is 24.3 Å². The van der Waals surface area contributed by atoms with E-state index < -0.39 is 11.7 Å². The Balaban J connectivity index is 1.64. The summed E-state index contributed by atoms with van der Waals surface area (Å²) >= 11 is 0. The Morgan fingerprint density at radius 2 is 1.88 bits per heavy atom. The molecule has 3 rings (SSSR count). The van der Waals surface area contributed by atoms with Crippen LogP contribution in [0.3, 0.4) is 0 Å². The molecule has 0 aliphatic carbocycles. The highest BCUT2D eigenvalue weighted by Crippen LogP contribution is 2.25. The van der Waals surface area contributed by atoms with Gasteiger partial charge in [-0.25, -0.2) is 9.82 Å². The van der Waals surface area contributed by atoms with Crippen LogP contribution in [-0.2, 0) is 4.79 Å². The van der Waals surface area contributed by atoms with Crippen molar-refractivity contribution in [3.05, 3.63) is 72.0 Å². The molecule has 6 heteroatoms. The van der Waals surface area contributed by atoms with Crippen LogP contribution < -0.4 is 10.2 Å². The van der Waals surface area contributed by atoms with Crippen LogP contribution in [0.25, 0.3) is 10.8 Å². The van der Waals surface area contributed by atoms with Gasteiger partial charge in [0.1, 0.15) is 5.75 Å². The van der Waals surface area contributed by atoms with Crippen molar-refractivity contribution in [2.75, 3.05) is 6.61 Å². The van der Waals surface area contributed by atoms with E-state index in [0.717, 1.165) is 10.8 Å². The van der Waals surface area contributed by atoms with Gasteiger partial charge in [-0.15, -0.1) is 0 Å². The second kappa shape index (κ2) is 7.44. The lowest BCUT2D eigenvalue weighted by atomic mass is 10.0. The van der Waals surface area contributed by atoms with E-state index in [-0.39, 0.29) is 18.1 Å². The van der Waals surface area contributed by atoms with Crippen LogP contribution in [0, 0.1) is 5.82 Å². The van der Waals surface area contributed by atoms with Gasteiger partial charge in [0.25, 0.3) is 5.91 Å². The maximum atomic E-state index is 13.4. The van der Waals surface area contributed by atoms with Gasteiger partial charge in [0.05, 0.1) is 6.21 Å². The van der Waals surface area contributed by atoms with Gasteiger partial charge in [-0.1, -0.05) is 42.5 Å². The first-order chi connectivity index (χ1) is 12.1. The van der Waals surface area contributed by atoms with Crippen LogP contribution in [0.2, 0.25) is 0 Å². The molecule has 0 unspecified atom stereocenters. The summed E-state index contributed by atoms with van der Waals surface area (Å²) in [5.41, 5.74) is 2.78. The number of phenols is 1. The number of nitrogens with one attached hydrogen (secondary N) is 1. The molecule has 1 amide bonds. The second-order valence-corrected chi connectivity index (χ2v) is 5.23. The summed E-state index contributed by atoms with van der Waals surface area (Å²) in [5.74, 6) is -1.04. The van der Waals surface area contributed by atoms with Gasteiger partial charge in [0, 0.05) is 5.56 Å². The third-order valence-electron chi connectivity index (χ3n) is 3.53. The molecule has 0 heterocycles. The van der Waals surface area contributed by atoms with Crippen LogP contribution in [0.5, 0.6) is 11.5 Å². The number of nitrogens with zero attached hydrogens (tertiary/aromatic N) is 1. The molecule has 5 nitrogen and oxygen atoms in total. The lowest BCUT2D eigenvalue weighted by molar-refractivity contribution is -0.123. The number of benzene rings is 3. The predicted octanol–water partition coefficient (Wildman–Crippen LogP) is 3.21. The molecule has 3 aromatic rings. The molecular formula is C19H15FN2O3. The van der Waals surface area contributed by atoms with Gasteiger partial charge >= 0.3 is 0 Å². The van der Waals surface area contributed by atoms with Crippen molar-refractivity contribution in [2.24, 2.45) is 5.10 Å². The minimum absolute atomic E-state index is 0.00618. The van der Waals surface area contributed by atoms with Gasteiger partial charge in [-0.05, 0) is 29.0 Å². The molecule has 0 saturated carbocycles. The highest BCUT2D eigenvalue weighted by Gasteiger charge is 2.07. The molecule has 126 valence electrons. The number of phenolic OH excluding ortho intramolecular Hbond substituents is 1. The Labute approximate surface area is 143 Å². The lowest BCUT2D eigenvalue weighted by Crippen LogP contribution is -2.24. The predicted molar refractivity (Wildman–Crippen MR) is 93.2 cm³/mol. The summed E-state index contributed by atoms with van der Waals surface area (Å²) in [4.78, 5) is 11.7. The molecule has 0 fully saturated rings.